The van der Waals surface area contributed by atoms with E-state index in [-0.39, 0.29) is 18.3 Å². The molecule has 0 bridgehead atoms. The van der Waals surface area contributed by atoms with Gasteiger partial charge < -0.3 is 10.1 Å². The van der Waals surface area contributed by atoms with Gasteiger partial charge in [-0.1, -0.05) is 42.5 Å². The Labute approximate surface area is 162 Å². The summed E-state index contributed by atoms with van der Waals surface area (Å²) in [4.78, 5) is 28.6. The molecule has 0 saturated heterocycles. The van der Waals surface area contributed by atoms with Crippen LogP contribution in [-0.2, 0) is 27.3 Å². The topological polar surface area (TPSA) is 68.3 Å². The summed E-state index contributed by atoms with van der Waals surface area (Å²) in [7, 11) is 0. The maximum absolute atomic E-state index is 12.0. The molecule has 0 fully saturated rings. The normalized spacial score (nSPS) is 11.9. The molecule has 0 aliphatic heterocycles. The number of aryl methyl sites for hydroxylation is 1. The van der Waals surface area contributed by atoms with Gasteiger partial charge in [-0.2, -0.15) is 0 Å². The summed E-state index contributed by atoms with van der Waals surface area (Å²) >= 11 is 1.64. The average Bonchev–Trinajstić information content (AvgIpc) is 3.09. The Kier molecular flexibility index (Phi) is 6.54. The van der Waals surface area contributed by atoms with Crippen LogP contribution in [0.2, 0.25) is 0 Å². The second kappa shape index (κ2) is 9.28. The maximum atomic E-state index is 12.0. The van der Waals surface area contributed by atoms with E-state index in [0.717, 1.165) is 27.2 Å². The SMILES string of the molecule is C[C@@H](OC(=O)CCCc1nc2ccccc2s1)C(=O)NCc1ccccc1. The Hall–Kier alpha value is -2.73. The van der Waals surface area contributed by atoms with Gasteiger partial charge >= 0.3 is 5.97 Å². The molecule has 3 rings (SSSR count). The molecule has 1 N–H and O–H groups in total. The highest BCUT2D eigenvalue weighted by atomic mass is 32.1. The molecule has 2 aromatic carbocycles. The third-order valence-corrected chi connectivity index (χ3v) is 5.19. The van der Waals surface area contributed by atoms with Gasteiger partial charge in [0, 0.05) is 13.0 Å². The summed E-state index contributed by atoms with van der Waals surface area (Å²) in [5.41, 5.74) is 1.99. The number of rotatable bonds is 8. The van der Waals surface area contributed by atoms with Crippen LogP contribution >= 0.6 is 11.3 Å². The van der Waals surface area contributed by atoms with Gasteiger partial charge in [-0.3, -0.25) is 9.59 Å². The zero-order chi connectivity index (χ0) is 19.1. The van der Waals surface area contributed by atoms with Crippen LogP contribution in [0.15, 0.2) is 54.6 Å². The number of esters is 1. The van der Waals surface area contributed by atoms with E-state index in [4.69, 9.17) is 4.74 Å². The van der Waals surface area contributed by atoms with Crippen LogP contribution in [0.25, 0.3) is 10.2 Å². The Bertz CT molecular complexity index is 875. The minimum Gasteiger partial charge on any atom is -0.453 e. The van der Waals surface area contributed by atoms with Crippen molar-refractivity contribution < 1.29 is 14.3 Å². The van der Waals surface area contributed by atoms with Crippen molar-refractivity contribution in [3.05, 3.63) is 65.2 Å². The van der Waals surface area contributed by atoms with Gasteiger partial charge in [-0.05, 0) is 37.5 Å². The number of amides is 1. The molecule has 3 aromatic rings. The smallest absolute Gasteiger partial charge is 0.306 e. The van der Waals surface area contributed by atoms with Gasteiger partial charge in [0.2, 0.25) is 0 Å². The summed E-state index contributed by atoms with van der Waals surface area (Å²) in [6.45, 7) is 2.00. The first-order valence-electron chi connectivity index (χ1n) is 8.97. The number of thiazole rings is 1. The first-order valence-corrected chi connectivity index (χ1v) is 9.79. The Balaban J connectivity index is 1.38. The monoisotopic (exact) mass is 382 g/mol. The lowest BCUT2D eigenvalue weighted by Crippen LogP contribution is -2.35. The number of benzene rings is 2. The fourth-order valence-corrected chi connectivity index (χ4v) is 3.66. The van der Waals surface area contributed by atoms with E-state index in [0.29, 0.717) is 13.0 Å². The number of aromatic nitrogens is 1. The second-order valence-corrected chi connectivity index (χ2v) is 7.38. The molecule has 27 heavy (non-hydrogen) atoms. The number of fused-ring (bicyclic) bond motifs is 1. The molecule has 1 aromatic heterocycles. The number of ether oxygens (including phenoxy) is 1. The Morgan fingerprint density at radius 3 is 2.63 bits per heavy atom. The lowest BCUT2D eigenvalue weighted by molar-refractivity contribution is -0.154. The van der Waals surface area contributed by atoms with Crippen molar-refractivity contribution in [3.8, 4) is 0 Å². The van der Waals surface area contributed by atoms with Crippen molar-refractivity contribution in [2.24, 2.45) is 0 Å². The van der Waals surface area contributed by atoms with E-state index in [1.54, 1.807) is 18.3 Å². The highest BCUT2D eigenvalue weighted by Crippen LogP contribution is 2.22. The number of hydrogen-bond acceptors (Lipinski definition) is 5. The number of nitrogens with one attached hydrogen (secondary N) is 1. The molecule has 5 nitrogen and oxygen atoms in total. The molecule has 0 saturated carbocycles. The number of carbonyl (C=O) groups excluding carboxylic acids is 2. The van der Waals surface area contributed by atoms with Crippen LogP contribution in [0, 0.1) is 0 Å². The molecular formula is C21H22N2O3S. The summed E-state index contributed by atoms with van der Waals surface area (Å²) in [6, 6.07) is 17.6. The minimum atomic E-state index is -0.802. The fourth-order valence-electron chi connectivity index (χ4n) is 2.65. The van der Waals surface area contributed by atoms with E-state index in [2.05, 4.69) is 10.3 Å². The van der Waals surface area contributed by atoms with E-state index >= 15 is 0 Å². The summed E-state index contributed by atoms with van der Waals surface area (Å²) in [6.07, 6.45) is 0.843. The number of carbonyl (C=O) groups is 2. The molecule has 1 amide bonds. The van der Waals surface area contributed by atoms with Crippen molar-refractivity contribution in [3.63, 3.8) is 0 Å². The predicted octanol–water partition coefficient (Wildman–Crippen LogP) is 3.87. The highest BCUT2D eigenvalue weighted by Gasteiger charge is 2.17. The Morgan fingerprint density at radius 1 is 1.11 bits per heavy atom. The zero-order valence-electron chi connectivity index (χ0n) is 15.2. The quantitative estimate of drug-likeness (QED) is 0.601. The van der Waals surface area contributed by atoms with Crippen LogP contribution in [0.4, 0.5) is 0 Å². The van der Waals surface area contributed by atoms with Crippen LogP contribution in [-0.4, -0.2) is 23.0 Å². The molecular weight excluding hydrogens is 360 g/mol. The molecule has 140 valence electrons. The van der Waals surface area contributed by atoms with Gasteiger partial charge in [0.25, 0.3) is 5.91 Å². The van der Waals surface area contributed by atoms with E-state index in [1.165, 1.54) is 0 Å². The summed E-state index contributed by atoms with van der Waals surface area (Å²) in [5.74, 6) is -0.656. The van der Waals surface area contributed by atoms with Crippen LogP contribution in [0.1, 0.15) is 30.3 Å². The zero-order valence-corrected chi connectivity index (χ0v) is 16.0. The summed E-state index contributed by atoms with van der Waals surface area (Å²) < 4.78 is 6.38. The highest BCUT2D eigenvalue weighted by molar-refractivity contribution is 7.18. The largest absolute Gasteiger partial charge is 0.453 e. The van der Waals surface area contributed by atoms with Crippen molar-refractivity contribution in [2.75, 3.05) is 0 Å². The molecule has 0 unspecified atom stereocenters. The van der Waals surface area contributed by atoms with Gasteiger partial charge in [0.1, 0.15) is 0 Å². The molecule has 0 aliphatic rings. The first-order chi connectivity index (χ1) is 13.1. The second-order valence-electron chi connectivity index (χ2n) is 6.26. The van der Waals surface area contributed by atoms with Crippen LogP contribution in [0.3, 0.4) is 0 Å². The van der Waals surface area contributed by atoms with Crippen molar-refractivity contribution in [1.29, 1.82) is 0 Å². The van der Waals surface area contributed by atoms with E-state index in [1.807, 2.05) is 54.6 Å². The van der Waals surface area contributed by atoms with Crippen LogP contribution < -0.4 is 5.32 Å². The lowest BCUT2D eigenvalue weighted by atomic mass is 10.2. The molecule has 0 aliphatic carbocycles. The van der Waals surface area contributed by atoms with Gasteiger partial charge in [-0.25, -0.2) is 4.98 Å². The van der Waals surface area contributed by atoms with E-state index in [9.17, 15) is 9.59 Å². The standard InChI is InChI=1S/C21H22N2O3S/c1-15(21(25)22-14-16-8-3-2-4-9-16)26-20(24)13-7-12-19-23-17-10-5-6-11-18(17)27-19/h2-6,8-11,15H,7,12-14H2,1H3,(H,22,25)/t15-/m1/s1. The fraction of sp³-hybridized carbons (Fsp3) is 0.286. The molecule has 0 radical (unpaired) electrons. The molecule has 1 heterocycles. The molecule has 1 atom stereocenters. The predicted molar refractivity (Wildman–Crippen MR) is 106 cm³/mol. The van der Waals surface area contributed by atoms with Crippen molar-refractivity contribution in [1.82, 2.24) is 10.3 Å². The van der Waals surface area contributed by atoms with Gasteiger partial charge in [0.05, 0.1) is 15.2 Å². The average molecular weight is 382 g/mol. The molecule has 0 spiro atoms. The van der Waals surface area contributed by atoms with Gasteiger partial charge in [-0.15, -0.1) is 11.3 Å². The van der Waals surface area contributed by atoms with E-state index < -0.39 is 6.10 Å². The number of para-hydroxylation sites is 1. The molecule has 6 heteroatoms. The minimum absolute atomic E-state index is 0.270. The van der Waals surface area contributed by atoms with Crippen LogP contribution in [0.5, 0.6) is 0 Å². The maximum Gasteiger partial charge on any atom is 0.306 e. The van der Waals surface area contributed by atoms with Crippen molar-refractivity contribution in [2.45, 2.75) is 38.8 Å². The summed E-state index contributed by atoms with van der Waals surface area (Å²) in [5, 5.41) is 3.79. The third-order valence-electron chi connectivity index (χ3n) is 4.10. The first kappa shape index (κ1) is 19.0. The third kappa shape index (κ3) is 5.62. The number of nitrogens with zero attached hydrogens (tertiary/aromatic N) is 1. The Morgan fingerprint density at radius 2 is 1.85 bits per heavy atom. The van der Waals surface area contributed by atoms with Crippen molar-refractivity contribution >= 4 is 33.4 Å². The number of hydrogen-bond donors (Lipinski definition) is 1. The van der Waals surface area contributed by atoms with Gasteiger partial charge in [0.15, 0.2) is 6.10 Å². The lowest BCUT2D eigenvalue weighted by Gasteiger charge is -2.13.